The molecule has 0 radical (unpaired) electrons. The van der Waals surface area contributed by atoms with Gasteiger partial charge in [0.2, 0.25) is 0 Å². The number of ether oxygens (including phenoxy) is 3. The molecular weight excluding hydrogens is 1020 g/mol. The predicted octanol–water partition coefficient (Wildman–Crippen LogP) is 24.8. The number of hydrogen-bond donors (Lipinski definition) is 0. The van der Waals surface area contributed by atoms with Gasteiger partial charge < -0.3 is 14.2 Å². The minimum Gasteiger partial charge on any atom is -0.462 e. The number of carbonyl (C=O) groups excluding carboxylic acids is 3. The van der Waals surface area contributed by atoms with E-state index >= 15 is 0 Å². The Balaban J connectivity index is 4.34. The first-order valence-corrected chi connectivity index (χ1v) is 35.7. The maximum absolute atomic E-state index is 13.0. The molecule has 0 rings (SSSR count). The lowest BCUT2D eigenvalue weighted by Gasteiger charge is -2.18. The van der Waals surface area contributed by atoms with Crippen LogP contribution in [0, 0.1) is 0 Å². The fourth-order valence-electron chi connectivity index (χ4n) is 10.3. The number of unbranched alkanes of at least 4 members (excludes halogenated alkanes) is 39. The van der Waals surface area contributed by atoms with Crippen molar-refractivity contribution in [3.05, 3.63) is 97.2 Å². The summed E-state index contributed by atoms with van der Waals surface area (Å²) in [5.74, 6) is -1.02. The molecular formula is C77H134O6. The highest BCUT2D eigenvalue weighted by molar-refractivity contribution is 5.72. The molecule has 0 aliphatic carbocycles. The Labute approximate surface area is 515 Å². The van der Waals surface area contributed by atoms with Crippen LogP contribution >= 0.6 is 0 Å². The van der Waals surface area contributed by atoms with Crippen molar-refractivity contribution in [1.29, 1.82) is 0 Å². The van der Waals surface area contributed by atoms with Gasteiger partial charge in [-0.1, -0.05) is 349 Å². The highest BCUT2D eigenvalue weighted by atomic mass is 16.6. The van der Waals surface area contributed by atoms with Crippen LogP contribution < -0.4 is 0 Å². The average molecular weight is 1160 g/mol. The molecule has 0 aromatic rings. The van der Waals surface area contributed by atoms with Crippen LogP contribution in [0.4, 0.5) is 0 Å². The van der Waals surface area contributed by atoms with E-state index < -0.39 is 12.1 Å². The standard InChI is InChI=1S/C77H134O6/c1-4-7-10-13-16-19-22-25-28-30-32-34-36-37-38-39-41-42-44-46-49-52-55-58-61-64-67-70-76(79)82-73-74(72-81-75(78)69-66-63-60-57-54-51-48-27-24-21-18-15-12-9-6-3)83-77(80)71-68-65-62-59-56-53-50-47-45-43-40-35-33-31-29-26-23-20-17-14-11-8-5-2/h9,12,18,21-22,25,27,30,32,36-37,48,54,57,63,66,74H,4-8,10-11,13-17,19-20,23-24,26,28-29,31,33-35,38-47,49-53,55-56,58-62,64-65,67-73H2,1-3H3/b12-9-,21-18-,25-22-,32-30-,37-36-,48-27-,57-54-,66-63-. The van der Waals surface area contributed by atoms with Gasteiger partial charge >= 0.3 is 17.9 Å². The Morgan fingerprint density at radius 1 is 0.265 bits per heavy atom. The van der Waals surface area contributed by atoms with E-state index in [0.717, 1.165) is 83.5 Å². The first kappa shape index (κ1) is 79.3. The smallest absolute Gasteiger partial charge is 0.309 e. The molecule has 0 saturated carbocycles. The number of rotatable bonds is 65. The van der Waals surface area contributed by atoms with Crippen molar-refractivity contribution in [3.8, 4) is 0 Å². The van der Waals surface area contributed by atoms with Gasteiger partial charge in [-0.15, -0.1) is 0 Å². The van der Waals surface area contributed by atoms with E-state index in [1.165, 1.54) is 231 Å². The van der Waals surface area contributed by atoms with Crippen LogP contribution in [0.2, 0.25) is 0 Å². The lowest BCUT2D eigenvalue weighted by Crippen LogP contribution is -2.30. The number of carbonyl (C=O) groups is 3. The normalized spacial score (nSPS) is 12.7. The molecule has 0 amide bonds. The summed E-state index contributed by atoms with van der Waals surface area (Å²) in [7, 11) is 0. The fraction of sp³-hybridized carbons (Fsp3) is 0.753. The van der Waals surface area contributed by atoms with Crippen LogP contribution in [0.1, 0.15) is 355 Å². The van der Waals surface area contributed by atoms with Gasteiger partial charge in [-0.3, -0.25) is 14.4 Å². The van der Waals surface area contributed by atoms with E-state index in [4.69, 9.17) is 14.2 Å². The van der Waals surface area contributed by atoms with Crippen LogP contribution in [-0.4, -0.2) is 37.2 Å². The third-order valence-corrected chi connectivity index (χ3v) is 15.6. The second-order valence-corrected chi connectivity index (χ2v) is 23.8. The molecule has 0 spiro atoms. The molecule has 0 fully saturated rings. The Morgan fingerprint density at radius 2 is 0.518 bits per heavy atom. The molecule has 478 valence electrons. The van der Waals surface area contributed by atoms with E-state index in [1.54, 1.807) is 0 Å². The summed E-state index contributed by atoms with van der Waals surface area (Å²) >= 11 is 0. The van der Waals surface area contributed by atoms with Crippen LogP contribution in [0.3, 0.4) is 0 Å². The lowest BCUT2D eigenvalue weighted by atomic mass is 10.0. The van der Waals surface area contributed by atoms with E-state index in [2.05, 4.69) is 106 Å². The summed E-state index contributed by atoms with van der Waals surface area (Å²) < 4.78 is 16.9. The SMILES string of the molecule is CC/C=C\C/C=C\C/C=C\C/C=C\C/C=C\CC(=O)OCC(COC(=O)CCCCCCCCCCCCCC/C=C\C/C=C\C/C=C\CCCCCCC)OC(=O)CCCCCCCCCCCCCCCCCCCCCCCCC. The fourth-order valence-corrected chi connectivity index (χ4v) is 10.3. The van der Waals surface area contributed by atoms with Gasteiger partial charge in [0.1, 0.15) is 13.2 Å². The molecule has 0 bridgehead atoms. The molecule has 0 saturated heterocycles. The largest absolute Gasteiger partial charge is 0.462 e. The summed E-state index contributed by atoms with van der Waals surface area (Å²) in [5, 5.41) is 0. The van der Waals surface area contributed by atoms with E-state index in [9.17, 15) is 14.4 Å². The van der Waals surface area contributed by atoms with Crippen LogP contribution in [0.15, 0.2) is 97.2 Å². The molecule has 6 nitrogen and oxygen atoms in total. The van der Waals surface area contributed by atoms with Crippen molar-refractivity contribution in [1.82, 2.24) is 0 Å². The molecule has 0 aliphatic rings. The average Bonchev–Trinajstić information content (AvgIpc) is 3.49. The summed E-state index contributed by atoms with van der Waals surface area (Å²) in [4.78, 5) is 38.4. The zero-order chi connectivity index (χ0) is 59.9. The third kappa shape index (κ3) is 69.0. The van der Waals surface area contributed by atoms with Crippen LogP contribution in [0.25, 0.3) is 0 Å². The molecule has 0 heterocycles. The molecule has 0 N–H and O–H groups in total. The molecule has 0 aliphatic heterocycles. The molecule has 1 unspecified atom stereocenters. The Morgan fingerprint density at radius 3 is 0.843 bits per heavy atom. The minimum atomic E-state index is -0.819. The Bertz CT molecular complexity index is 1610. The predicted molar refractivity (Wildman–Crippen MR) is 362 cm³/mol. The summed E-state index contributed by atoms with van der Waals surface area (Å²) in [6, 6.07) is 0. The van der Waals surface area contributed by atoms with Gasteiger partial charge in [-0.25, -0.2) is 0 Å². The van der Waals surface area contributed by atoms with Crippen molar-refractivity contribution < 1.29 is 28.6 Å². The van der Waals surface area contributed by atoms with Gasteiger partial charge in [0.25, 0.3) is 0 Å². The first-order chi connectivity index (χ1) is 41.0. The van der Waals surface area contributed by atoms with Crippen molar-refractivity contribution >= 4 is 17.9 Å². The molecule has 6 heteroatoms. The van der Waals surface area contributed by atoms with E-state index in [1.807, 2.05) is 12.2 Å². The minimum absolute atomic E-state index is 0.106. The van der Waals surface area contributed by atoms with E-state index in [0.29, 0.717) is 12.8 Å². The Kier molecular flexibility index (Phi) is 67.7. The van der Waals surface area contributed by atoms with Gasteiger partial charge in [0.15, 0.2) is 6.10 Å². The molecule has 1 atom stereocenters. The monoisotopic (exact) mass is 1160 g/mol. The van der Waals surface area contributed by atoms with Crippen molar-refractivity contribution in [2.45, 2.75) is 361 Å². The second-order valence-electron chi connectivity index (χ2n) is 23.8. The third-order valence-electron chi connectivity index (χ3n) is 15.6. The topological polar surface area (TPSA) is 78.9 Å². The van der Waals surface area contributed by atoms with Crippen molar-refractivity contribution in [3.63, 3.8) is 0 Å². The van der Waals surface area contributed by atoms with Gasteiger partial charge in [0.05, 0.1) is 6.42 Å². The van der Waals surface area contributed by atoms with Crippen LogP contribution in [-0.2, 0) is 28.6 Å². The van der Waals surface area contributed by atoms with E-state index in [-0.39, 0.29) is 31.6 Å². The number of esters is 3. The van der Waals surface area contributed by atoms with Crippen molar-refractivity contribution in [2.24, 2.45) is 0 Å². The molecule has 0 aromatic carbocycles. The highest BCUT2D eigenvalue weighted by Crippen LogP contribution is 2.18. The number of hydrogen-bond acceptors (Lipinski definition) is 6. The quantitative estimate of drug-likeness (QED) is 0.0261. The second kappa shape index (κ2) is 70.8. The summed E-state index contributed by atoms with van der Waals surface area (Å²) in [5.41, 5.74) is 0. The highest BCUT2D eigenvalue weighted by Gasteiger charge is 2.19. The zero-order valence-corrected chi connectivity index (χ0v) is 54.9. The first-order valence-electron chi connectivity index (χ1n) is 35.7. The summed E-state index contributed by atoms with van der Waals surface area (Å²) in [6.45, 7) is 6.48. The Hall–Kier alpha value is -3.67. The molecule has 0 aromatic heterocycles. The maximum Gasteiger partial charge on any atom is 0.309 e. The summed E-state index contributed by atoms with van der Waals surface area (Å²) in [6.07, 6.45) is 96.1. The van der Waals surface area contributed by atoms with Gasteiger partial charge in [-0.2, -0.15) is 0 Å². The maximum atomic E-state index is 13.0. The van der Waals surface area contributed by atoms with Crippen LogP contribution in [0.5, 0.6) is 0 Å². The lowest BCUT2D eigenvalue weighted by molar-refractivity contribution is -0.166. The number of allylic oxidation sites excluding steroid dienone is 15. The van der Waals surface area contributed by atoms with Gasteiger partial charge in [-0.05, 0) is 83.5 Å². The molecule has 83 heavy (non-hydrogen) atoms. The van der Waals surface area contributed by atoms with Crippen molar-refractivity contribution in [2.75, 3.05) is 13.2 Å². The zero-order valence-electron chi connectivity index (χ0n) is 54.9. The van der Waals surface area contributed by atoms with Gasteiger partial charge in [0, 0.05) is 12.8 Å².